The molecule has 5 atom stereocenters. The van der Waals surface area contributed by atoms with E-state index in [9.17, 15) is 0 Å². The molecule has 0 aromatic rings. The quantitative estimate of drug-likeness (QED) is 0.590. The minimum Gasteiger partial charge on any atom is -0.0625 e. The molecule has 0 nitrogen and oxygen atoms in total. The Balaban J connectivity index is 1.72. The monoisotopic (exact) mass is 220 g/mol. The molecule has 0 saturated heterocycles. The molecule has 3 aliphatic carbocycles. The van der Waals surface area contributed by atoms with Crippen LogP contribution in [-0.2, 0) is 0 Å². The summed E-state index contributed by atoms with van der Waals surface area (Å²) in [5, 5.41) is 0. The van der Waals surface area contributed by atoms with E-state index in [1.165, 1.54) is 12.8 Å². The first kappa shape index (κ1) is 11.1. The average Bonchev–Trinajstić information content (AvgIpc) is 2.73. The second-order valence-electron chi connectivity index (χ2n) is 7.19. The maximum Gasteiger partial charge on any atom is -0.0352 e. The third-order valence-electron chi connectivity index (χ3n) is 6.15. The highest BCUT2D eigenvalue weighted by molar-refractivity contribution is 4.95. The third kappa shape index (κ3) is 1.83. The van der Waals surface area contributed by atoms with Gasteiger partial charge in [-0.15, -0.1) is 0 Å². The summed E-state index contributed by atoms with van der Waals surface area (Å²) in [5.41, 5.74) is 0. The summed E-state index contributed by atoms with van der Waals surface area (Å²) in [5.74, 6) is 6.57. The third-order valence-corrected chi connectivity index (χ3v) is 6.15. The molecule has 0 amide bonds. The summed E-state index contributed by atoms with van der Waals surface area (Å²) in [6.07, 6.45) is 12.5. The van der Waals surface area contributed by atoms with Crippen LogP contribution >= 0.6 is 0 Å². The molecule has 0 heterocycles. The molecular formula is C16H28. The Hall–Kier alpha value is 0. The lowest BCUT2D eigenvalue weighted by atomic mass is 9.62. The molecule has 92 valence electrons. The van der Waals surface area contributed by atoms with E-state index in [1.807, 2.05) is 0 Å². The van der Waals surface area contributed by atoms with Crippen LogP contribution < -0.4 is 0 Å². The molecule has 0 N–H and O–H groups in total. The van der Waals surface area contributed by atoms with E-state index in [4.69, 9.17) is 0 Å². The Labute approximate surface area is 101 Å². The van der Waals surface area contributed by atoms with Crippen LogP contribution in [-0.4, -0.2) is 0 Å². The smallest absolute Gasteiger partial charge is 0.0352 e. The molecule has 16 heavy (non-hydrogen) atoms. The Kier molecular flexibility index (Phi) is 3.02. The zero-order chi connectivity index (χ0) is 11.1. The van der Waals surface area contributed by atoms with Gasteiger partial charge in [0.2, 0.25) is 0 Å². The van der Waals surface area contributed by atoms with Crippen molar-refractivity contribution in [2.24, 2.45) is 35.5 Å². The van der Waals surface area contributed by atoms with Crippen molar-refractivity contribution in [3.8, 4) is 0 Å². The number of hydrogen-bond acceptors (Lipinski definition) is 0. The van der Waals surface area contributed by atoms with Crippen LogP contribution in [0.5, 0.6) is 0 Å². The fraction of sp³-hybridized carbons (Fsp3) is 1.00. The molecule has 3 aliphatic rings. The molecule has 3 rings (SSSR count). The van der Waals surface area contributed by atoms with E-state index in [0.29, 0.717) is 0 Å². The van der Waals surface area contributed by atoms with E-state index in [1.54, 1.807) is 38.5 Å². The van der Waals surface area contributed by atoms with Gasteiger partial charge in [-0.3, -0.25) is 0 Å². The van der Waals surface area contributed by atoms with Crippen LogP contribution in [0.1, 0.15) is 65.2 Å². The number of rotatable bonds is 1. The summed E-state index contributed by atoms with van der Waals surface area (Å²) < 4.78 is 0. The van der Waals surface area contributed by atoms with Crippen molar-refractivity contribution in [3.63, 3.8) is 0 Å². The summed E-state index contributed by atoms with van der Waals surface area (Å²) >= 11 is 0. The Morgan fingerprint density at radius 3 is 2.31 bits per heavy atom. The van der Waals surface area contributed by atoms with Crippen molar-refractivity contribution in [3.05, 3.63) is 0 Å². The highest BCUT2D eigenvalue weighted by Gasteiger charge is 2.45. The van der Waals surface area contributed by atoms with E-state index in [0.717, 1.165) is 35.5 Å². The van der Waals surface area contributed by atoms with E-state index in [2.05, 4.69) is 13.8 Å². The van der Waals surface area contributed by atoms with Crippen LogP contribution in [0.4, 0.5) is 0 Å². The van der Waals surface area contributed by atoms with E-state index < -0.39 is 0 Å². The van der Waals surface area contributed by atoms with Crippen molar-refractivity contribution in [1.82, 2.24) is 0 Å². The van der Waals surface area contributed by atoms with Crippen molar-refractivity contribution >= 4 is 0 Å². The Morgan fingerprint density at radius 2 is 1.50 bits per heavy atom. The number of hydrogen-bond donors (Lipinski definition) is 0. The second-order valence-corrected chi connectivity index (χ2v) is 7.19. The molecule has 0 aromatic heterocycles. The van der Waals surface area contributed by atoms with Gasteiger partial charge >= 0.3 is 0 Å². The molecule has 5 unspecified atom stereocenters. The zero-order valence-corrected chi connectivity index (χ0v) is 11.1. The molecule has 0 heteroatoms. The van der Waals surface area contributed by atoms with Gasteiger partial charge in [0.05, 0.1) is 0 Å². The van der Waals surface area contributed by atoms with Crippen molar-refractivity contribution < 1.29 is 0 Å². The largest absolute Gasteiger partial charge is 0.0625 e. The van der Waals surface area contributed by atoms with Gasteiger partial charge in [-0.05, 0) is 67.6 Å². The second kappa shape index (κ2) is 4.35. The summed E-state index contributed by atoms with van der Waals surface area (Å²) in [6.45, 7) is 4.89. The van der Waals surface area contributed by atoms with Crippen LogP contribution in [0, 0.1) is 35.5 Å². The van der Waals surface area contributed by atoms with Gasteiger partial charge in [-0.1, -0.05) is 33.1 Å². The Morgan fingerprint density at radius 1 is 0.750 bits per heavy atom. The van der Waals surface area contributed by atoms with E-state index in [-0.39, 0.29) is 0 Å². The maximum absolute atomic E-state index is 2.44. The minimum atomic E-state index is 0.938. The van der Waals surface area contributed by atoms with Gasteiger partial charge in [0, 0.05) is 0 Å². The topological polar surface area (TPSA) is 0 Å². The van der Waals surface area contributed by atoms with E-state index >= 15 is 0 Å². The van der Waals surface area contributed by atoms with Gasteiger partial charge < -0.3 is 0 Å². The molecule has 3 saturated carbocycles. The van der Waals surface area contributed by atoms with Gasteiger partial charge in [-0.2, -0.15) is 0 Å². The molecule has 0 aliphatic heterocycles. The molecular weight excluding hydrogens is 192 g/mol. The van der Waals surface area contributed by atoms with Gasteiger partial charge in [0.15, 0.2) is 0 Å². The zero-order valence-electron chi connectivity index (χ0n) is 11.1. The van der Waals surface area contributed by atoms with Gasteiger partial charge in [0.25, 0.3) is 0 Å². The molecule has 3 fully saturated rings. The fourth-order valence-corrected chi connectivity index (χ4v) is 5.19. The van der Waals surface area contributed by atoms with Crippen LogP contribution in [0.25, 0.3) is 0 Å². The SMILES string of the molecule is CC(C)C1CC2CCC3CCCCC3C2C1. The average molecular weight is 220 g/mol. The van der Waals surface area contributed by atoms with Crippen LogP contribution in [0.2, 0.25) is 0 Å². The first-order valence-electron chi connectivity index (χ1n) is 7.75. The fourth-order valence-electron chi connectivity index (χ4n) is 5.19. The summed E-state index contributed by atoms with van der Waals surface area (Å²) in [6, 6.07) is 0. The van der Waals surface area contributed by atoms with Gasteiger partial charge in [0.1, 0.15) is 0 Å². The maximum atomic E-state index is 2.44. The normalized spacial score (nSPS) is 47.8. The summed E-state index contributed by atoms with van der Waals surface area (Å²) in [4.78, 5) is 0. The first-order chi connectivity index (χ1) is 7.75. The standard InChI is InChI=1S/C16H28/c1-11(2)14-9-13-8-7-12-5-3-4-6-15(12)16(13)10-14/h11-16H,3-10H2,1-2H3. The van der Waals surface area contributed by atoms with Crippen molar-refractivity contribution in [1.29, 1.82) is 0 Å². The predicted molar refractivity (Wildman–Crippen MR) is 69.2 cm³/mol. The van der Waals surface area contributed by atoms with Gasteiger partial charge in [-0.25, -0.2) is 0 Å². The Bertz CT molecular complexity index is 242. The highest BCUT2D eigenvalue weighted by Crippen LogP contribution is 2.55. The lowest BCUT2D eigenvalue weighted by Gasteiger charge is -2.43. The number of fused-ring (bicyclic) bond motifs is 3. The van der Waals surface area contributed by atoms with Crippen LogP contribution in [0.3, 0.4) is 0 Å². The molecule has 0 radical (unpaired) electrons. The predicted octanol–water partition coefficient (Wildman–Crippen LogP) is 4.89. The molecule has 0 spiro atoms. The van der Waals surface area contributed by atoms with Crippen molar-refractivity contribution in [2.45, 2.75) is 65.2 Å². The lowest BCUT2D eigenvalue weighted by Crippen LogP contribution is -2.33. The minimum absolute atomic E-state index is 0.938. The molecule has 0 aromatic carbocycles. The first-order valence-corrected chi connectivity index (χ1v) is 7.75. The van der Waals surface area contributed by atoms with Crippen molar-refractivity contribution in [2.75, 3.05) is 0 Å². The summed E-state index contributed by atoms with van der Waals surface area (Å²) in [7, 11) is 0. The van der Waals surface area contributed by atoms with Crippen LogP contribution in [0.15, 0.2) is 0 Å². The highest BCUT2D eigenvalue weighted by atomic mass is 14.5. The molecule has 0 bridgehead atoms. The lowest BCUT2D eigenvalue weighted by molar-refractivity contribution is 0.0724.